The normalized spacial score (nSPS) is 16.8. The van der Waals surface area contributed by atoms with E-state index in [0.29, 0.717) is 24.9 Å². The molecule has 0 heterocycles. The zero-order valence-corrected chi connectivity index (χ0v) is 13.8. The molecule has 0 aromatic rings. The Labute approximate surface area is 124 Å². The number of carbonyl (C=O) groups excluding carboxylic acids is 1. The Kier molecular flexibility index (Phi) is 7.52. The molecule has 0 aromatic heterocycles. The van der Waals surface area contributed by atoms with E-state index in [2.05, 4.69) is 18.7 Å². The van der Waals surface area contributed by atoms with Gasteiger partial charge in [-0.2, -0.15) is 0 Å². The van der Waals surface area contributed by atoms with Crippen LogP contribution in [0.4, 0.5) is 0 Å². The van der Waals surface area contributed by atoms with E-state index in [9.17, 15) is 4.79 Å². The summed E-state index contributed by atoms with van der Waals surface area (Å²) in [7, 11) is 0. The van der Waals surface area contributed by atoms with Crippen molar-refractivity contribution in [1.82, 2.24) is 9.80 Å². The number of nitrogens with zero attached hydrogens (tertiary/aromatic N) is 2. The predicted octanol–water partition coefficient (Wildman–Crippen LogP) is 2.08. The zero-order chi connectivity index (χ0) is 15.1. The van der Waals surface area contributed by atoms with Crippen molar-refractivity contribution in [1.29, 1.82) is 0 Å². The summed E-state index contributed by atoms with van der Waals surface area (Å²) in [6, 6.07) is 0.890. The molecular weight excluding hydrogens is 250 g/mol. The number of amides is 1. The number of hydrogen-bond acceptors (Lipinski definition) is 3. The average molecular weight is 283 g/mol. The van der Waals surface area contributed by atoms with E-state index in [1.165, 1.54) is 19.3 Å². The largest absolute Gasteiger partial charge is 0.343 e. The number of carbonyl (C=O) groups is 1. The van der Waals surface area contributed by atoms with E-state index >= 15 is 0 Å². The molecule has 1 unspecified atom stereocenters. The summed E-state index contributed by atoms with van der Waals surface area (Å²) in [5, 5.41) is 0. The van der Waals surface area contributed by atoms with Crippen molar-refractivity contribution in [3.8, 4) is 0 Å². The van der Waals surface area contributed by atoms with Crippen LogP contribution in [0.2, 0.25) is 0 Å². The monoisotopic (exact) mass is 283 g/mol. The van der Waals surface area contributed by atoms with Gasteiger partial charge in [-0.3, -0.25) is 9.69 Å². The fourth-order valence-electron chi connectivity index (χ4n) is 2.72. The van der Waals surface area contributed by atoms with Crippen LogP contribution in [0.5, 0.6) is 0 Å². The summed E-state index contributed by atoms with van der Waals surface area (Å²) < 4.78 is 0. The Balaban J connectivity index is 2.58. The molecule has 1 fully saturated rings. The highest BCUT2D eigenvalue weighted by molar-refractivity contribution is 5.76. The van der Waals surface area contributed by atoms with Gasteiger partial charge in [-0.1, -0.05) is 13.8 Å². The molecule has 118 valence electrons. The molecule has 2 N–H and O–H groups in total. The standard InChI is InChI=1S/C16H33N3O/c1-5-18(6-2)16(20)11-15(12-17)19(14-7-8-14)10-9-13(3)4/h13-15H,5-12,17H2,1-4H3. The van der Waals surface area contributed by atoms with Crippen LogP contribution in [0, 0.1) is 5.92 Å². The topological polar surface area (TPSA) is 49.6 Å². The van der Waals surface area contributed by atoms with Gasteiger partial charge in [0.15, 0.2) is 0 Å². The molecule has 0 bridgehead atoms. The maximum atomic E-state index is 12.3. The molecular formula is C16H33N3O. The van der Waals surface area contributed by atoms with E-state index < -0.39 is 0 Å². The average Bonchev–Trinajstić information content (AvgIpc) is 3.23. The Bertz CT molecular complexity index is 285. The van der Waals surface area contributed by atoms with Gasteiger partial charge < -0.3 is 10.6 Å². The second kappa shape index (κ2) is 8.63. The van der Waals surface area contributed by atoms with E-state index in [1.807, 2.05) is 18.7 Å². The summed E-state index contributed by atoms with van der Waals surface area (Å²) in [5.74, 6) is 0.953. The van der Waals surface area contributed by atoms with Gasteiger partial charge >= 0.3 is 0 Å². The van der Waals surface area contributed by atoms with Gasteiger partial charge in [-0.15, -0.1) is 0 Å². The molecule has 0 aromatic carbocycles. The molecule has 4 heteroatoms. The fraction of sp³-hybridized carbons (Fsp3) is 0.938. The first kappa shape index (κ1) is 17.4. The highest BCUT2D eigenvalue weighted by atomic mass is 16.2. The summed E-state index contributed by atoms with van der Waals surface area (Å²) in [5.41, 5.74) is 5.96. The smallest absolute Gasteiger partial charge is 0.224 e. The van der Waals surface area contributed by atoms with Crippen LogP contribution in [0.15, 0.2) is 0 Å². The quantitative estimate of drug-likeness (QED) is 0.668. The second-order valence-corrected chi connectivity index (χ2v) is 6.31. The minimum atomic E-state index is 0.217. The number of rotatable bonds is 10. The number of nitrogens with two attached hydrogens (primary N) is 1. The van der Waals surface area contributed by atoms with Crippen LogP contribution in [0.1, 0.15) is 53.4 Å². The van der Waals surface area contributed by atoms with Gasteiger partial charge in [0.05, 0.1) is 0 Å². The van der Waals surface area contributed by atoms with Gasteiger partial charge in [0, 0.05) is 38.1 Å². The van der Waals surface area contributed by atoms with Crippen LogP contribution in [0.3, 0.4) is 0 Å². The predicted molar refractivity (Wildman–Crippen MR) is 84.6 cm³/mol. The lowest BCUT2D eigenvalue weighted by Gasteiger charge is -2.32. The molecule has 0 spiro atoms. The van der Waals surface area contributed by atoms with E-state index in [0.717, 1.165) is 19.6 Å². The zero-order valence-electron chi connectivity index (χ0n) is 13.8. The molecule has 4 nitrogen and oxygen atoms in total. The van der Waals surface area contributed by atoms with Gasteiger partial charge in [0.2, 0.25) is 5.91 Å². The first-order chi connectivity index (χ1) is 9.53. The minimum absolute atomic E-state index is 0.217. The summed E-state index contributed by atoms with van der Waals surface area (Å²) in [6.45, 7) is 11.8. The molecule has 1 saturated carbocycles. The molecule has 20 heavy (non-hydrogen) atoms. The van der Waals surface area contributed by atoms with E-state index in [-0.39, 0.29) is 11.9 Å². The van der Waals surface area contributed by atoms with Crippen molar-refractivity contribution >= 4 is 5.91 Å². The van der Waals surface area contributed by atoms with Gasteiger partial charge in [0.25, 0.3) is 0 Å². The lowest BCUT2D eigenvalue weighted by molar-refractivity contribution is -0.132. The Morgan fingerprint density at radius 1 is 1.25 bits per heavy atom. The third kappa shape index (κ3) is 5.41. The third-order valence-electron chi connectivity index (χ3n) is 4.25. The molecule has 1 atom stereocenters. The SMILES string of the molecule is CCN(CC)C(=O)CC(CN)N(CCC(C)C)C1CC1. The highest BCUT2D eigenvalue weighted by Crippen LogP contribution is 2.30. The summed E-state index contributed by atoms with van der Waals surface area (Å²) in [4.78, 5) is 16.7. The highest BCUT2D eigenvalue weighted by Gasteiger charge is 2.34. The fourth-order valence-corrected chi connectivity index (χ4v) is 2.72. The molecule has 1 aliphatic carbocycles. The van der Waals surface area contributed by atoms with Crippen LogP contribution in [-0.4, -0.2) is 54.0 Å². The molecule has 1 aliphatic rings. The number of hydrogen-bond donors (Lipinski definition) is 1. The molecule has 1 rings (SSSR count). The van der Waals surface area contributed by atoms with Crippen molar-refractivity contribution < 1.29 is 4.79 Å². The van der Waals surface area contributed by atoms with Crippen LogP contribution in [0.25, 0.3) is 0 Å². The Hall–Kier alpha value is -0.610. The van der Waals surface area contributed by atoms with Crippen molar-refractivity contribution in [2.24, 2.45) is 11.7 Å². The third-order valence-corrected chi connectivity index (χ3v) is 4.25. The lowest BCUT2D eigenvalue weighted by atomic mass is 10.1. The molecule has 0 aliphatic heterocycles. The van der Waals surface area contributed by atoms with Gasteiger partial charge in [0.1, 0.15) is 0 Å². The van der Waals surface area contributed by atoms with Crippen LogP contribution in [-0.2, 0) is 4.79 Å². The van der Waals surface area contributed by atoms with Gasteiger partial charge in [-0.25, -0.2) is 0 Å². The molecule has 0 radical (unpaired) electrons. The Morgan fingerprint density at radius 3 is 2.25 bits per heavy atom. The maximum Gasteiger partial charge on any atom is 0.224 e. The maximum absolute atomic E-state index is 12.3. The van der Waals surface area contributed by atoms with Crippen molar-refractivity contribution in [2.45, 2.75) is 65.5 Å². The Morgan fingerprint density at radius 2 is 1.85 bits per heavy atom. The van der Waals surface area contributed by atoms with Gasteiger partial charge in [-0.05, 0) is 45.6 Å². The first-order valence-corrected chi connectivity index (χ1v) is 8.26. The summed E-state index contributed by atoms with van der Waals surface area (Å²) >= 11 is 0. The second-order valence-electron chi connectivity index (χ2n) is 6.31. The summed E-state index contributed by atoms with van der Waals surface area (Å²) in [6.07, 6.45) is 4.31. The van der Waals surface area contributed by atoms with E-state index in [1.54, 1.807) is 0 Å². The van der Waals surface area contributed by atoms with Crippen molar-refractivity contribution in [3.05, 3.63) is 0 Å². The minimum Gasteiger partial charge on any atom is -0.343 e. The lowest BCUT2D eigenvalue weighted by Crippen LogP contribution is -2.46. The first-order valence-electron chi connectivity index (χ1n) is 8.26. The van der Waals surface area contributed by atoms with Crippen molar-refractivity contribution in [2.75, 3.05) is 26.2 Å². The van der Waals surface area contributed by atoms with Crippen molar-refractivity contribution in [3.63, 3.8) is 0 Å². The van der Waals surface area contributed by atoms with Crippen LogP contribution >= 0.6 is 0 Å². The van der Waals surface area contributed by atoms with E-state index in [4.69, 9.17) is 5.73 Å². The van der Waals surface area contributed by atoms with Crippen LogP contribution < -0.4 is 5.73 Å². The molecule has 1 amide bonds. The molecule has 0 saturated heterocycles.